The molecule has 0 atom stereocenters. The summed E-state index contributed by atoms with van der Waals surface area (Å²) in [4.78, 5) is 0. The van der Waals surface area contributed by atoms with E-state index in [2.05, 4.69) is 0 Å². The number of aryl methyl sites for hydroxylation is 1. The molecular weight excluding hydrogens is 213 g/mol. The standard InChI is InChI=1S/C8H9ClFNOS/c1-5-3-7(10)8(4-6(5)9)11(12)13-2/h3-4,12H,1-2H3. The minimum absolute atomic E-state index is 0.0723. The molecule has 0 aliphatic rings. The zero-order chi connectivity index (χ0) is 10.0. The number of halogens is 2. The minimum Gasteiger partial charge on any atom is -0.277 e. The molecule has 0 heterocycles. The van der Waals surface area contributed by atoms with Gasteiger partial charge in [0.1, 0.15) is 11.5 Å². The van der Waals surface area contributed by atoms with Crippen LogP contribution in [0, 0.1) is 12.7 Å². The molecule has 1 rings (SSSR count). The van der Waals surface area contributed by atoms with E-state index in [1.54, 1.807) is 13.2 Å². The summed E-state index contributed by atoms with van der Waals surface area (Å²) in [5, 5.41) is 9.66. The number of hydrogen-bond acceptors (Lipinski definition) is 3. The third-order valence-electron chi connectivity index (χ3n) is 1.61. The van der Waals surface area contributed by atoms with Crippen molar-refractivity contribution in [3.05, 3.63) is 28.5 Å². The van der Waals surface area contributed by atoms with Crippen LogP contribution < -0.4 is 4.47 Å². The summed E-state index contributed by atoms with van der Waals surface area (Å²) in [6.45, 7) is 1.70. The molecule has 0 unspecified atom stereocenters. The molecule has 0 saturated carbocycles. The van der Waals surface area contributed by atoms with Crippen molar-refractivity contribution in [3.63, 3.8) is 0 Å². The van der Waals surface area contributed by atoms with E-state index in [1.807, 2.05) is 0 Å². The van der Waals surface area contributed by atoms with Crippen molar-refractivity contribution in [1.29, 1.82) is 0 Å². The minimum atomic E-state index is -0.487. The molecule has 0 amide bonds. The number of hydrogen-bond donors (Lipinski definition) is 1. The van der Waals surface area contributed by atoms with Crippen molar-refractivity contribution in [2.24, 2.45) is 0 Å². The zero-order valence-electron chi connectivity index (χ0n) is 7.21. The fraction of sp³-hybridized carbons (Fsp3) is 0.250. The molecule has 0 fully saturated rings. The summed E-state index contributed by atoms with van der Waals surface area (Å²) < 4.78 is 13.9. The third kappa shape index (κ3) is 2.27. The monoisotopic (exact) mass is 221 g/mol. The highest BCUT2D eigenvalue weighted by atomic mass is 35.5. The molecule has 0 saturated heterocycles. The van der Waals surface area contributed by atoms with Gasteiger partial charge in [0.15, 0.2) is 0 Å². The van der Waals surface area contributed by atoms with Crippen LogP contribution in [0.3, 0.4) is 0 Å². The van der Waals surface area contributed by atoms with Gasteiger partial charge in [-0.25, -0.2) is 4.39 Å². The van der Waals surface area contributed by atoms with Crippen molar-refractivity contribution in [1.82, 2.24) is 0 Å². The zero-order valence-corrected chi connectivity index (χ0v) is 8.79. The van der Waals surface area contributed by atoms with Crippen LogP contribution in [0.2, 0.25) is 5.02 Å². The van der Waals surface area contributed by atoms with Crippen LogP contribution >= 0.6 is 23.5 Å². The lowest BCUT2D eigenvalue weighted by Gasteiger charge is -2.14. The molecular formula is C8H9ClFNOS. The Bertz CT molecular complexity index is 321. The molecule has 5 heteroatoms. The van der Waals surface area contributed by atoms with Gasteiger partial charge in [0.25, 0.3) is 0 Å². The van der Waals surface area contributed by atoms with Crippen LogP contribution in [0.25, 0.3) is 0 Å². The molecule has 0 aliphatic carbocycles. The summed E-state index contributed by atoms with van der Waals surface area (Å²) >= 11 is 6.77. The second-order valence-corrected chi connectivity index (χ2v) is 3.63. The number of rotatable bonds is 2. The average molecular weight is 222 g/mol. The van der Waals surface area contributed by atoms with Crippen molar-refractivity contribution >= 4 is 29.2 Å². The van der Waals surface area contributed by atoms with Crippen molar-refractivity contribution in [2.45, 2.75) is 6.92 Å². The highest BCUT2D eigenvalue weighted by molar-refractivity contribution is 7.99. The second-order valence-electron chi connectivity index (χ2n) is 2.51. The lowest BCUT2D eigenvalue weighted by Crippen LogP contribution is -2.08. The molecule has 0 aliphatic heterocycles. The summed E-state index contributed by atoms with van der Waals surface area (Å²) in [5.74, 6) is -0.487. The Morgan fingerprint density at radius 2 is 2.15 bits per heavy atom. The summed E-state index contributed by atoms with van der Waals surface area (Å²) in [5.41, 5.74) is 0.723. The number of anilines is 1. The molecule has 72 valence electrons. The lowest BCUT2D eigenvalue weighted by molar-refractivity contribution is 0.328. The second kappa shape index (κ2) is 4.17. The first-order valence-corrected chi connectivity index (χ1v) is 5.11. The predicted octanol–water partition coefficient (Wildman–Crippen LogP) is 3.26. The van der Waals surface area contributed by atoms with Crippen LogP contribution in [0.5, 0.6) is 0 Å². The molecule has 1 aromatic carbocycles. The number of benzene rings is 1. The van der Waals surface area contributed by atoms with Gasteiger partial charge >= 0.3 is 0 Å². The molecule has 0 spiro atoms. The van der Waals surface area contributed by atoms with Gasteiger partial charge in [-0.2, -0.15) is 4.47 Å². The first-order valence-electron chi connectivity index (χ1n) is 3.55. The van der Waals surface area contributed by atoms with Crippen molar-refractivity contribution < 1.29 is 9.60 Å². The molecule has 0 radical (unpaired) electrons. The first-order chi connectivity index (χ1) is 6.06. The van der Waals surface area contributed by atoms with E-state index in [1.165, 1.54) is 12.1 Å². The van der Waals surface area contributed by atoms with Gasteiger partial charge in [0, 0.05) is 11.3 Å². The van der Waals surface area contributed by atoms with Crippen molar-refractivity contribution in [3.8, 4) is 0 Å². The average Bonchev–Trinajstić information content (AvgIpc) is 2.10. The highest BCUT2D eigenvalue weighted by Crippen LogP contribution is 2.28. The molecule has 0 aromatic heterocycles. The van der Waals surface area contributed by atoms with E-state index < -0.39 is 5.82 Å². The largest absolute Gasteiger partial charge is 0.277 e. The maximum atomic E-state index is 13.2. The first kappa shape index (κ1) is 10.6. The van der Waals surface area contributed by atoms with Gasteiger partial charge in [-0.15, -0.1) is 0 Å². The third-order valence-corrected chi connectivity index (χ3v) is 2.56. The van der Waals surface area contributed by atoms with Gasteiger partial charge in [0.05, 0.1) is 0 Å². The normalized spacial score (nSPS) is 10.2. The summed E-state index contributed by atoms with van der Waals surface area (Å²) in [7, 11) is 0. The van der Waals surface area contributed by atoms with Gasteiger partial charge in [-0.3, -0.25) is 5.21 Å². The van der Waals surface area contributed by atoms with Crippen LogP contribution in [-0.2, 0) is 0 Å². The van der Waals surface area contributed by atoms with E-state index in [0.717, 1.165) is 16.4 Å². The van der Waals surface area contributed by atoms with E-state index in [9.17, 15) is 9.60 Å². The van der Waals surface area contributed by atoms with Crippen LogP contribution in [0.1, 0.15) is 5.56 Å². The summed E-state index contributed by atoms with van der Waals surface area (Å²) in [6, 6.07) is 2.68. The Morgan fingerprint density at radius 3 is 2.69 bits per heavy atom. The molecule has 2 nitrogen and oxygen atoms in total. The van der Waals surface area contributed by atoms with Crippen LogP contribution in [0.4, 0.5) is 10.1 Å². The van der Waals surface area contributed by atoms with E-state index in [4.69, 9.17) is 11.6 Å². The Morgan fingerprint density at radius 1 is 1.54 bits per heavy atom. The lowest BCUT2D eigenvalue weighted by atomic mass is 10.2. The van der Waals surface area contributed by atoms with E-state index in [-0.39, 0.29) is 5.69 Å². The Balaban J connectivity index is 3.15. The van der Waals surface area contributed by atoms with Crippen LogP contribution in [-0.4, -0.2) is 11.5 Å². The van der Waals surface area contributed by atoms with Gasteiger partial charge in [-0.1, -0.05) is 11.6 Å². The molecule has 1 aromatic rings. The van der Waals surface area contributed by atoms with Crippen molar-refractivity contribution in [2.75, 3.05) is 10.7 Å². The highest BCUT2D eigenvalue weighted by Gasteiger charge is 2.10. The predicted molar refractivity (Wildman–Crippen MR) is 53.9 cm³/mol. The fourth-order valence-corrected chi connectivity index (χ4v) is 1.38. The quantitative estimate of drug-likeness (QED) is 0.613. The van der Waals surface area contributed by atoms with E-state index in [0.29, 0.717) is 10.6 Å². The fourth-order valence-electron chi connectivity index (χ4n) is 0.881. The maximum absolute atomic E-state index is 13.2. The number of nitrogens with zero attached hydrogens (tertiary/aromatic N) is 1. The Labute approximate surface area is 85.4 Å². The Hall–Kier alpha value is -0.450. The molecule has 0 bridgehead atoms. The van der Waals surface area contributed by atoms with Gasteiger partial charge < -0.3 is 0 Å². The van der Waals surface area contributed by atoms with Crippen LogP contribution in [0.15, 0.2) is 12.1 Å². The van der Waals surface area contributed by atoms with Gasteiger partial charge in [-0.05, 0) is 36.6 Å². The Kier molecular flexibility index (Phi) is 3.41. The van der Waals surface area contributed by atoms with E-state index >= 15 is 0 Å². The molecule has 13 heavy (non-hydrogen) atoms. The van der Waals surface area contributed by atoms with Gasteiger partial charge in [0.2, 0.25) is 0 Å². The molecule has 1 N–H and O–H groups in total. The summed E-state index contributed by atoms with van der Waals surface area (Å²) in [6.07, 6.45) is 1.63. The topological polar surface area (TPSA) is 23.5 Å². The maximum Gasteiger partial charge on any atom is 0.150 e. The SMILES string of the molecule is CSN(O)c1cc(Cl)c(C)cc1F. The smallest absolute Gasteiger partial charge is 0.150 e.